The standard InChI is InChI=1S/C17H15FN2O2/c1-20-15-8-4-7-14(18)13(15)10-16(20)17(21)19-11-5-3-6-12(9-11)22-2/h3-10H,1-2H3,(H,19,21). The van der Waals surface area contributed by atoms with Gasteiger partial charge in [0.15, 0.2) is 0 Å². The second kappa shape index (κ2) is 5.52. The third-order valence-electron chi connectivity index (χ3n) is 3.59. The van der Waals surface area contributed by atoms with E-state index in [0.717, 1.165) is 0 Å². The van der Waals surface area contributed by atoms with Crippen molar-refractivity contribution in [2.45, 2.75) is 0 Å². The fraction of sp³-hybridized carbons (Fsp3) is 0.118. The van der Waals surface area contributed by atoms with Crippen LogP contribution in [0, 0.1) is 5.82 Å². The summed E-state index contributed by atoms with van der Waals surface area (Å²) in [6, 6.07) is 13.4. The molecule has 1 heterocycles. The average Bonchev–Trinajstić information content (AvgIpc) is 2.86. The summed E-state index contributed by atoms with van der Waals surface area (Å²) in [5.74, 6) is 0.0146. The Morgan fingerprint density at radius 3 is 2.68 bits per heavy atom. The number of carbonyl (C=O) groups is 1. The van der Waals surface area contributed by atoms with Gasteiger partial charge in [-0.1, -0.05) is 12.1 Å². The molecule has 0 unspecified atom stereocenters. The molecule has 3 aromatic rings. The molecular weight excluding hydrogens is 283 g/mol. The summed E-state index contributed by atoms with van der Waals surface area (Å²) < 4.78 is 20.6. The number of aromatic nitrogens is 1. The lowest BCUT2D eigenvalue weighted by Crippen LogP contribution is -2.15. The van der Waals surface area contributed by atoms with E-state index < -0.39 is 0 Å². The van der Waals surface area contributed by atoms with Gasteiger partial charge in [0.25, 0.3) is 5.91 Å². The van der Waals surface area contributed by atoms with Crippen LogP contribution < -0.4 is 10.1 Å². The Morgan fingerprint density at radius 2 is 1.95 bits per heavy atom. The highest BCUT2D eigenvalue weighted by molar-refractivity contribution is 6.06. The van der Waals surface area contributed by atoms with Gasteiger partial charge in [0, 0.05) is 24.2 Å². The summed E-state index contributed by atoms with van der Waals surface area (Å²) in [7, 11) is 3.30. The summed E-state index contributed by atoms with van der Waals surface area (Å²) >= 11 is 0. The molecule has 1 aromatic heterocycles. The van der Waals surface area contributed by atoms with Crippen molar-refractivity contribution in [3.63, 3.8) is 0 Å². The van der Waals surface area contributed by atoms with Crippen molar-refractivity contribution in [3.05, 3.63) is 60.0 Å². The van der Waals surface area contributed by atoms with Crippen molar-refractivity contribution < 1.29 is 13.9 Å². The summed E-state index contributed by atoms with van der Waals surface area (Å²) in [5, 5.41) is 3.22. The monoisotopic (exact) mass is 298 g/mol. The number of nitrogens with one attached hydrogen (secondary N) is 1. The van der Waals surface area contributed by atoms with E-state index in [1.54, 1.807) is 61.2 Å². The molecule has 1 N–H and O–H groups in total. The third kappa shape index (κ3) is 2.41. The Hall–Kier alpha value is -2.82. The van der Waals surface area contributed by atoms with Crippen molar-refractivity contribution in [2.75, 3.05) is 12.4 Å². The molecule has 0 fully saturated rings. The maximum absolute atomic E-state index is 13.8. The zero-order valence-electron chi connectivity index (χ0n) is 12.3. The minimum atomic E-state index is -0.339. The average molecular weight is 298 g/mol. The van der Waals surface area contributed by atoms with Gasteiger partial charge in [0.05, 0.1) is 12.6 Å². The Morgan fingerprint density at radius 1 is 1.18 bits per heavy atom. The number of halogens is 1. The minimum absolute atomic E-state index is 0.300. The Kier molecular flexibility index (Phi) is 3.55. The van der Waals surface area contributed by atoms with E-state index in [4.69, 9.17) is 4.74 Å². The van der Waals surface area contributed by atoms with Crippen LogP contribution in [0.1, 0.15) is 10.5 Å². The molecular formula is C17H15FN2O2. The second-order valence-corrected chi connectivity index (χ2v) is 4.95. The van der Waals surface area contributed by atoms with Crippen molar-refractivity contribution in [3.8, 4) is 5.75 Å². The number of anilines is 1. The number of hydrogen-bond acceptors (Lipinski definition) is 2. The Balaban J connectivity index is 1.95. The summed E-state index contributed by atoms with van der Waals surface area (Å²) in [5.41, 5.74) is 1.69. The molecule has 112 valence electrons. The van der Waals surface area contributed by atoms with Gasteiger partial charge in [0.1, 0.15) is 17.3 Å². The van der Waals surface area contributed by atoms with E-state index >= 15 is 0 Å². The highest BCUT2D eigenvalue weighted by Crippen LogP contribution is 2.23. The van der Waals surface area contributed by atoms with Crippen LogP contribution in [-0.4, -0.2) is 17.6 Å². The molecule has 0 atom stereocenters. The van der Waals surface area contributed by atoms with Gasteiger partial charge in [-0.05, 0) is 30.3 Å². The Bertz CT molecular complexity index is 855. The lowest BCUT2D eigenvalue weighted by atomic mass is 10.2. The van der Waals surface area contributed by atoms with Crippen LogP contribution in [0.2, 0.25) is 0 Å². The van der Waals surface area contributed by atoms with Crippen molar-refractivity contribution >= 4 is 22.5 Å². The maximum Gasteiger partial charge on any atom is 0.272 e. The van der Waals surface area contributed by atoms with Crippen molar-refractivity contribution in [1.82, 2.24) is 4.57 Å². The van der Waals surface area contributed by atoms with Crippen molar-refractivity contribution in [1.29, 1.82) is 0 Å². The summed E-state index contributed by atoms with van der Waals surface area (Å²) in [4.78, 5) is 12.4. The van der Waals surface area contributed by atoms with E-state index in [0.29, 0.717) is 28.0 Å². The van der Waals surface area contributed by atoms with Crippen LogP contribution in [0.3, 0.4) is 0 Å². The van der Waals surface area contributed by atoms with E-state index in [1.807, 2.05) is 0 Å². The van der Waals surface area contributed by atoms with Crippen LogP contribution in [0.4, 0.5) is 10.1 Å². The number of methoxy groups -OCH3 is 1. The number of benzene rings is 2. The van der Waals surface area contributed by atoms with Gasteiger partial charge < -0.3 is 14.6 Å². The van der Waals surface area contributed by atoms with Crippen LogP contribution in [0.5, 0.6) is 5.75 Å². The third-order valence-corrected chi connectivity index (χ3v) is 3.59. The number of carbonyl (C=O) groups excluding carboxylic acids is 1. The predicted molar refractivity (Wildman–Crippen MR) is 83.8 cm³/mol. The first-order valence-corrected chi connectivity index (χ1v) is 6.79. The molecule has 0 aliphatic heterocycles. The molecule has 0 radical (unpaired) electrons. The highest BCUT2D eigenvalue weighted by atomic mass is 19.1. The SMILES string of the molecule is COc1cccc(NC(=O)c2cc3c(F)cccc3n2C)c1. The molecule has 0 bridgehead atoms. The normalized spacial score (nSPS) is 10.7. The lowest BCUT2D eigenvalue weighted by molar-refractivity contribution is 0.102. The predicted octanol–water partition coefficient (Wildman–Crippen LogP) is 3.58. The fourth-order valence-electron chi connectivity index (χ4n) is 2.44. The molecule has 5 heteroatoms. The topological polar surface area (TPSA) is 43.3 Å². The largest absolute Gasteiger partial charge is 0.497 e. The molecule has 2 aromatic carbocycles. The number of nitrogens with zero attached hydrogens (tertiary/aromatic N) is 1. The van der Waals surface area contributed by atoms with Crippen LogP contribution in [0.25, 0.3) is 10.9 Å². The minimum Gasteiger partial charge on any atom is -0.497 e. The molecule has 0 saturated carbocycles. The molecule has 1 amide bonds. The molecule has 0 aliphatic carbocycles. The first kappa shape index (κ1) is 14.1. The zero-order chi connectivity index (χ0) is 15.7. The quantitative estimate of drug-likeness (QED) is 0.803. The van der Waals surface area contributed by atoms with E-state index in [1.165, 1.54) is 6.07 Å². The summed E-state index contributed by atoms with van der Waals surface area (Å²) in [6.45, 7) is 0. The lowest BCUT2D eigenvalue weighted by Gasteiger charge is -2.08. The number of hydrogen-bond donors (Lipinski definition) is 1. The van der Waals surface area contributed by atoms with Gasteiger partial charge in [-0.2, -0.15) is 0 Å². The number of rotatable bonds is 3. The molecule has 4 nitrogen and oxygen atoms in total. The molecule has 3 rings (SSSR count). The first-order valence-electron chi connectivity index (χ1n) is 6.79. The van der Waals surface area contributed by atoms with Crippen LogP contribution >= 0.6 is 0 Å². The van der Waals surface area contributed by atoms with Gasteiger partial charge >= 0.3 is 0 Å². The first-order chi connectivity index (χ1) is 10.6. The van der Waals surface area contributed by atoms with Gasteiger partial charge in [-0.3, -0.25) is 4.79 Å². The number of amides is 1. The highest BCUT2D eigenvalue weighted by Gasteiger charge is 2.15. The van der Waals surface area contributed by atoms with E-state index in [-0.39, 0.29) is 11.7 Å². The van der Waals surface area contributed by atoms with E-state index in [9.17, 15) is 9.18 Å². The van der Waals surface area contributed by atoms with Crippen LogP contribution in [0.15, 0.2) is 48.5 Å². The smallest absolute Gasteiger partial charge is 0.272 e. The van der Waals surface area contributed by atoms with Gasteiger partial charge in [-0.25, -0.2) is 4.39 Å². The second-order valence-electron chi connectivity index (χ2n) is 4.95. The molecule has 22 heavy (non-hydrogen) atoms. The van der Waals surface area contributed by atoms with Crippen LogP contribution in [-0.2, 0) is 7.05 Å². The van der Waals surface area contributed by atoms with Gasteiger partial charge in [-0.15, -0.1) is 0 Å². The van der Waals surface area contributed by atoms with E-state index in [2.05, 4.69) is 5.32 Å². The molecule has 0 aliphatic rings. The number of fused-ring (bicyclic) bond motifs is 1. The van der Waals surface area contributed by atoms with Gasteiger partial charge in [0.2, 0.25) is 0 Å². The zero-order valence-corrected chi connectivity index (χ0v) is 12.3. The molecule has 0 saturated heterocycles. The van der Waals surface area contributed by atoms with Crippen molar-refractivity contribution in [2.24, 2.45) is 7.05 Å². The number of ether oxygens (including phenoxy) is 1. The molecule has 0 spiro atoms. The Labute approximate surface area is 127 Å². The maximum atomic E-state index is 13.8. The number of aryl methyl sites for hydroxylation is 1. The summed E-state index contributed by atoms with van der Waals surface area (Å²) in [6.07, 6.45) is 0. The fourth-order valence-corrected chi connectivity index (χ4v) is 2.44.